The van der Waals surface area contributed by atoms with Crippen LogP contribution in [0, 0.1) is 17.2 Å². The third-order valence-electron chi connectivity index (χ3n) is 4.10. The Morgan fingerprint density at radius 1 is 1.25 bits per heavy atom. The lowest BCUT2D eigenvalue weighted by Gasteiger charge is -2.17. The maximum Gasteiger partial charge on any atom is 0.227 e. The van der Waals surface area contributed by atoms with Crippen LogP contribution in [-0.4, -0.2) is 5.91 Å². The average molecular weight is 384 g/mol. The topological polar surface area (TPSA) is 64.9 Å². The minimum absolute atomic E-state index is 0.0995. The van der Waals surface area contributed by atoms with Gasteiger partial charge in [-0.3, -0.25) is 4.79 Å². The van der Waals surface area contributed by atoms with Gasteiger partial charge < -0.3 is 10.6 Å². The van der Waals surface area contributed by atoms with Gasteiger partial charge in [-0.2, -0.15) is 5.26 Å². The fraction of sp³-hybridized carbons (Fsp3) is 0.263. The molecule has 122 valence electrons. The first-order valence-electron chi connectivity index (χ1n) is 7.94. The summed E-state index contributed by atoms with van der Waals surface area (Å²) in [6.45, 7) is 2.07. The molecule has 0 heterocycles. The van der Waals surface area contributed by atoms with Gasteiger partial charge in [-0.1, -0.05) is 12.1 Å². The molecule has 0 aliphatic heterocycles. The smallest absolute Gasteiger partial charge is 0.227 e. The fourth-order valence-electron chi connectivity index (χ4n) is 2.46. The second-order valence-corrected chi connectivity index (χ2v) is 6.91. The van der Waals surface area contributed by atoms with Gasteiger partial charge in [0.1, 0.15) is 0 Å². The second-order valence-electron chi connectivity index (χ2n) is 6.06. The Kier molecular flexibility index (Phi) is 4.86. The van der Waals surface area contributed by atoms with Crippen molar-refractivity contribution in [1.82, 2.24) is 0 Å². The minimum Gasteiger partial charge on any atom is -0.378 e. The molecule has 24 heavy (non-hydrogen) atoms. The molecule has 1 saturated carbocycles. The summed E-state index contributed by atoms with van der Waals surface area (Å²) in [5.41, 5.74) is 3.52. The summed E-state index contributed by atoms with van der Waals surface area (Å²) in [6.07, 6.45) is 2.01. The van der Waals surface area contributed by atoms with Gasteiger partial charge in [0.15, 0.2) is 0 Å². The monoisotopic (exact) mass is 383 g/mol. The van der Waals surface area contributed by atoms with Gasteiger partial charge in [-0.25, -0.2) is 0 Å². The lowest BCUT2D eigenvalue weighted by Crippen LogP contribution is -2.13. The molecule has 0 bridgehead atoms. The summed E-state index contributed by atoms with van der Waals surface area (Å²) in [5.74, 6) is 0.328. The van der Waals surface area contributed by atoms with Crippen molar-refractivity contribution in [2.24, 2.45) is 5.92 Å². The Labute approximate surface area is 150 Å². The number of nitrogens with zero attached hydrogens (tertiary/aromatic N) is 1. The summed E-state index contributed by atoms with van der Waals surface area (Å²) in [6, 6.07) is 15.6. The van der Waals surface area contributed by atoms with Crippen LogP contribution in [-0.2, 0) is 4.79 Å². The van der Waals surface area contributed by atoms with Gasteiger partial charge in [0.2, 0.25) is 5.91 Å². The Morgan fingerprint density at radius 3 is 2.54 bits per heavy atom. The molecule has 3 rings (SSSR count). The molecule has 2 N–H and O–H groups in total. The number of benzene rings is 2. The van der Waals surface area contributed by atoms with Gasteiger partial charge in [0.05, 0.1) is 11.6 Å². The molecule has 4 nitrogen and oxygen atoms in total. The van der Waals surface area contributed by atoms with Crippen LogP contribution in [0.5, 0.6) is 0 Å². The van der Waals surface area contributed by atoms with E-state index < -0.39 is 0 Å². The number of carbonyl (C=O) groups is 1. The number of amides is 1. The molecule has 1 unspecified atom stereocenters. The predicted molar refractivity (Wildman–Crippen MR) is 98.7 cm³/mol. The molecule has 1 amide bonds. The van der Waals surface area contributed by atoms with Crippen molar-refractivity contribution in [2.75, 3.05) is 10.6 Å². The summed E-state index contributed by atoms with van der Waals surface area (Å²) < 4.78 is 0.863. The largest absolute Gasteiger partial charge is 0.378 e. The Balaban J connectivity index is 1.65. The first-order valence-corrected chi connectivity index (χ1v) is 8.73. The van der Waals surface area contributed by atoms with Crippen molar-refractivity contribution >= 4 is 33.2 Å². The zero-order valence-electron chi connectivity index (χ0n) is 13.3. The van der Waals surface area contributed by atoms with E-state index in [-0.39, 0.29) is 17.9 Å². The molecule has 0 saturated heterocycles. The number of anilines is 2. The molecule has 1 aliphatic carbocycles. The molecule has 5 heteroatoms. The Hall–Kier alpha value is -2.32. The molecule has 0 spiro atoms. The second kappa shape index (κ2) is 7.06. The van der Waals surface area contributed by atoms with E-state index in [0.29, 0.717) is 5.56 Å². The van der Waals surface area contributed by atoms with Crippen molar-refractivity contribution in [1.29, 1.82) is 5.26 Å². The van der Waals surface area contributed by atoms with Crippen molar-refractivity contribution in [3.63, 3.8) is 0 Å². The van der Waals surface area contributed by atoms with E-state index >= 15 is 0 Å². The highest BCUT2D eigenvalue weighted by atomic mass is 79.9. The number of hydrogen-bond acceptors (Lipinski definition) is 3. The number of rotatable bonds is 5. The van der Waals surface area contributed by atoms with Gasteiger partial charge in [-0.05, 0) is 71.6 Å². The summed E-state index contributed by atoms with van der Waals surface area (Å²) in [5, 5.41) is 15.3. The lowest BCUT2D eigenvalue weighted by atomic mass is 10.1. The van der Waals surface area contributed by atoms with Crippen molar-refractivity contribution in [3.05, 3.63) is 58.1 Å². The molecule has 0 radical (unpaired) electrons. The summed E-state index contributed by atoms with van der Waals surface area (Å²) >= 11 is 3.49. The first-order chi connectivity index (χ1) is 11.6. The number of carbonyl (C=O) groups excluding carboxylic acids is 1. The van der Waals surface area contributed by atoms with E-state index in [4.69, 9.17) is 5.26 Å². The van der Waals surface area contributed by atoms with Gasteiger partial charge in [-0.15, -0.1) is 0 Å². The standard InChI is InChI=1S/C19H18BrN3O/c1-12(22-18-9-2-13(11-21)10-17(18)20)14-5-7-16(8-6-14)23-19(24)15-3-4-15/h2,5-10,12,15,22H,3-4H2,1H3,(H,23,24). The van der Waals surface area contributed by atoms with E-state index in [0.717, 1.165) is 34.3 Å². The zero-order valence-corrected chi connectivity index (χ0v) is 14.9. The Bertz CT molecular complexity index is 791. The molecule has 1 atom stereocenters. The van der Waals surface area contributed by atoms with Crippen LogP contribution in [0.1, 0.15) is 36.9 Å². The van der Waals surface area contributed by atoms with E-state index in [1.54, 1.807) is 12.1 Å². The SMILES string of the molecule is CC(Nc1ccc(C#N)cc1Br)c1ccc(NC(=O)C2CC2)cc1. The number of halogens is 1. The fourth-order valence-corrected chi connectivity index (χ4v) is 2.96. The van der Waals surface area contributed by atoms with E-state index in [1.807, 2.05) is 30.3 Å². The van der Waals surface area contributed by atoms with Crippen LogP contribution in [0.2, 0.25) is 0 Å². The predicted octanol–water partition coefficient (Wildman–Crippen LogP) is 4.84. The van der Waals surface area contributed by atoms with Crippen molar-refractivity contribution < 1.29 is 4.79 Å². The van der Waals surface area contributed by atoms with Crippen LogP contribution < -0.4 is 10.6 Å². The quantitative estimate of drug-likeness (QED) is 0.775. The Morgan fingerprint density at radius 2 is 1.96 bits per heavy atom. The molecule has 2 aromatic carbocycles. The van der Waals surface area contributed by atoms with Gasteiger partial charge >= 0.3 is 0 Å². The maximum absolute atomic E-state index is 11.8. The third kappa shape index (κ3) is 3.95. The highest BCUT2D eigenvalue weighted by Gasteiger charge is 2.29. The van der Waals surface area contributed by atoms with Crippen LogP contribution in [0.25, 0.3) is 0 Å². The molecule has 1 aliphatic rings. The number of nitrogens with one attached hydrogen (secondary N) is 2. The van der Waals surface area contributed by atoms with E-state index in [2.05, 4.69) is 39.6 Å². The van der Waals surface area contributed by atoms with Crippen LogP contribution in [0.3, 0.4) is 0 Å². The van der Waals surface area contributed by atoms with Crippen molar-refractivity contribution in [3.8, 4) is 6.07 Å². The number of nitriles is 1. The molecule has 1 fully saturated rings. The first kappa shape index (κ1) is 16.5. The minimum atomic E-state index is 0.0995. The van der Waals surface area contributed by atoms with Crippen LogP contribution >= 0.6 is 15.9 Å². The molecular weight excluding hydrogens is 366 g/mol. The van der Waals surface area contributed by atoms with Gasteiger partial charge in [0.25, 0.3) is 0 Å². The van der Waals surface area contributed by atoms with Gasteiger partial charge in [0, 0.05) is 27.8 Å². The summed E-state index contributed by atoms with van der Waals surface area (Å²) in [4.78, 5) is 11.8. The highest BCUT2D eigenvalue weighted by Crippen LogP contribution is 2.31. The van der Waals surface area contributed by atoms with Crippen LogP contribution in [0.4, 0.5) is 11.4 Å². The molecule has 2 aromatic rings. The number of hydrogen-bond donors (Lipinski definition) is 2. The molecule has 0 aromatic heterocycles. The van der Waals surface area contributed by atoms with E-state index in [1.165, 1.54) is 0 Å². The maximum atomic E-state index is 11.8. The van der Waals surface area contributed by atoms with E-state index in [9.17, 15) is 4.79 Å². The lowest BCUT2D eigenvalue weighted by molar-refractivity contribution is -0.117. The normalized spacial score (nSPS) is 14.5. The average Bonchev–Trinajstić information content (AvgIpc) is 3.42. The van der Waals surface area contributed by atoms with Crippen LogP contribution in [0.15, 0.2) is 46.9 Å². The third-order valence-corrected chi connectivity index (χ3v) is 4.75. The summed E-state index contributed by atoms with van der Waals surface area (Å²) in [7, 11) is 0. The zero-order chi connectivity index (χ0) is 17.1. The van der Waals surface area contributed by atoms with Crippen molar-refractivity contribution in [2.45, 2.75) is 25.8 Å². The highest BCUT2D eigenvalue weighted by molar-refractivity contribution is 9.10. The molecular formula is C19H18BrN3O.